The Hall–Kier alpha value is -2.86. The van der Waals surface area contributed by atoms with Gasteiger partial charge in [-0.2, -0.15) is 0 Å². The summed E-state index contributed by atoms with van der Waals surface area (Å²) in [5.41, 5.74) is 2.09. The zero-order valence-electron chi connectivity index (χ0n) is 13.5. The van der Waals surface area contributed by atoms with Crippen LogP contribution in [0.1, 0.15) is 17.3 Å². The second kappa shape index (κ2) is 7.36. The summed E-state index contributed by atoms with van der Waals surface area (Å²) >= 11 is 5.96. The van der Waals surface area contributed by atoms with Crippen LogP contribution >= 0.6 is 11.6 Å². The Bertz CT molecular complexity index is 908. The first-order valence-electron chi connectivity index (χ1n) is 7.62. The maximum absolute atomic E-state index is 12.4. The summed E-state index contributed by atoms with van der Waals surface area (Å²) in [4.78, 5) is 31.6. The predicted octanol–water partition coefficient (Wildman–Crippen LogP) is 2.79. The van der Waals surface area contributed by atoms with Crippen LogP contribution in [0.3, 0.4) is 0 Å². The first-order valence-corrected chi connectivity index (χ1v) is 8.00. The van der Waals surface area contributed by atoms with Crippen LogP contribution in [-0.2, 0) is 20.7 Å². The third kappa shape index (κ3) is 3.80. The molecular formula is C18H16ClN3O3. The number of carbonyl (C=O) groups excluding carboxylic acids is 2. The van der Waals surface area contributed by atoms with E-state index in [0.717, 1.165) is 16.5 Å². The van der Waals surface area contributed by atoms with Crippen LogP contribution in [0, 0.1) is 0 Å². The van der Waals surface area contributed by atoms with Crippen LogP contribution in [0.15, 0.2) is 48.8 Å². The van der Waals surface area contributed by atoms with Crippen molar-refractivity contribution >= 4 is 34.4 Å². The van der Waals surface area contributed by atoms with Crippen molar-refractivity contribution in [2.75, 3.05) is 7.11 Å². The fourth-order valence-electron chi connectivity index (χ4n) is 2.61. The third-order valence-corrected chi connectivity index (χ3v) is 4.04. The Morgan fingerprint density at radius 3 is 2.88 bits per heavy atom. The van der Waals surface area contributed by atoms with Crippen molar-refractivity contribution in [3.8, 4) is 0 Å². The molecule has 7 heteroatoms. The Morgan fingerprint density at radius 2 is 2.16 bits per heavy atom. The highest BCUT2D eigenvalue weighted by Crippen LogP contribution is 2.22. The molecule has 3 aromatic rings. The summed E-state index contributed by atoms with van der Waals surface area (Å²) in [5, 5.41) is 4.21. The smallest absolute Gasteiger partial charge is 0.334 e. The first-order chi connectivity index (χ1) is 12.1. The first kappa shape index (κ1) is 17.0. The molecule has 25 heavy (non-hydrogen) atoms. The number of halogens is 1. The molecule has 2 heterocycles. The van der Waals surface area contributed by atoms with Gasteiger partial charge in [0, 0.05) is 28.3 Å². The van der Waals surface area contributed by atoms with Crippen LogP contribution in [0.5, 0.6) is 0 Å². The van der Waals surface area contributed by atoms with Crippen molar-refractivity contribution < 1.29 is 14.3 Å². The van der Waals surface area contributed by atoms with Gasteiger partial charge in [-0.25, -0.2) is 4.79 Å². The number of methoxy groups -OCH3 is 1. The number of amides is 1. The van der Waals surface area contributed by atoms with Gasteiger partial charge in [-0.3, -0.25) is 9.78 Å². The highest BCUT2D eigenvalue weighted by atomic mass is 35.5. The normalized spacial score (nSPS) is 11.9. The van der Waals surface area contributed by atoms with Crippen LogP contribution in [0.4, 0.5) is 0 Å². The molecule has 0 unspecified atom stereocenters. The van der Waals surface area contributed by atoms with Crippen molar-refractivity contribution in [1.29, 1.82) is 0 Å². The lowest BCUT2D eigenvalue weighted by Gasteiger charge is -2.15. The summed E-state index contributed by atoms with van der Waals surface area (Å²) in [5.74, 6) is -0.880. The van der Waals surface area contributed by atoms with E-state index in [1.807, 2.05) is 6.07 Å². The molecule has 1 atom stereocenters. The van der Waals surface area contributed by atoms with E-state index in [4.69, 9.17) is 16.3 Å². The zero-order valence-corrected chi connectivity index (χ0v) is 14.2. The summed E-state index contributed by atoms with van der Waals surface area (Å²) in [6, 6.07) is 9.61. The maximum Gasteiger partial charge on any atom is 0.334 e. The summed E-state index contributed by atoms with van der Waals surface area (Å²) in [6.45, 7) is 0. The van der Waals surface area contributed by atoms with E-state index in [2.05, 4.69) is 15.3 Å². The molecule has 1 aromatic carbocycles. The van der Waals surface area contributed by atoms with Gasteiger partial charge in [-0.05, 0) is 29.8 Å². The van der Waals surface area contributed by atoms with E-state index in [1.54, 1.807) is 42.7 Å². The minimum atomic E-state index is -0.946. The molecule has 0 aliphatic rings. The van der Waals surface area contributed by atoms with Gasteiger partial charge >= 0.3 is 5.97 Å². The van der Waals surface area contributed by atoms with Gasteiger partial charge < -0.3 is 15.0 Å². The SMILES string of the molecule is COC(=O)[C@@H](NC(=O)Cc1c[nH]c2cc(Cl)ccc12)c1ccccn1. The van der Waals surface area contributed by atoms with Crippen molar-refractivity contribution in [3.05, 3.63) is 65.1 Å². The molecule has 0 radical (unpaired) electrons. The molecule has 3 rings (SSSR count). The van der Waals surface area contributed by atoms with E-state index in [-0.39, 0.29) is 12.3 Å². The number of esters is 1. The van der Waals surface area contributed by atoms with Gasteiger partial charge in [0.1, 0.15) is 0 Å². The number of rotatable bonds is 5. The third-order valence-electron chi connectivity index (χ3n) is 3.81. The molecule has 0 saturated carbocycles. The fraction of sp³-hybridized carbons (Fsp3) is 0.167. The van der Waals surface area contributed by atoms with Crippen molar-refractivity contribution in [2.24, 2.45) is 0 Å². The maximum atomic E-state index is 12.4. The minimum Gasteiger partial charge on any atom is -0.467 e. The number of nitrogens with one attached hydrogen (secondary N) is 2. The van der Waals surface area contributed by atoms with Crippen molar-refractivity contribution in [3.63, 3.8) is 0 Å². The molecule has 0 aliphatic heterocycles. The average molecular weight is 358 g/mol. The minimum absolute atomic E-state index is 0.113. The lowest BCUT2D eigenvalue weighted by Crippen LogP contribution is -2.35. The molecule has 128 valence electrons. The number of ether oxygens (including phenoxy) is 1. The molecule has 0 bridgehead atoms. The van der Waals surface area contributed by atoms with E-state index >= 15 is 0 Å². The topological polar surface area (TPSA) is 84.1 Å². The van der Waals surface area contributed by atoms with Crippen molar-refractivity contribution in [1.82, 2.24) is 15.3 Å². The Labute approximate surface area is 149 Å². The van der Waals surface area contributed by atoms with E-state index in [1.165, 1.54) is 7.11 Å². The number of aromatic amines is 1. The molecule has 1 amide bonds. The van der Waals surface area contributed by atoms with Gasteiger partial charge in [0.25, 0.3) is 0 Å². The number of hydrogen-bond donors (Lipinski definition) is 2. The largest absolute Gasteiger partial charge is 0.467 e. The zero-order chi connectivity index (χ0) is 17.8. The van der Waals surface area contributed by atoms with E-state index in [0.29, 0.717) is 10.7 Å². The van der Waals surface area contributed by atoms with Crippen LogP contribution < -0.4 is 5.32 Å². The van der Waals surface area contributed by atoms with Gasteiger partial charge in [-0.15, -0.1) is 0 Å². The highest BCUT2D eigenvalue weighted by Gasteiger charge is 2.25. The van der Waals surface area contributed by atoms with Crippen LogP contribution in [0.25, 0.3) is 10.9 Å². The lowest BCUT2D eigenvalue weighted by atomic mass is 10.1. The van der Waals surface area contributed by atoms with Gasteiger partial charge in [0.15, 0.2) is 6.04 Å². The summed E-state index contributed by atoms with van der Waals surface area (Å²) in [6.07, 6.45) is 3.43. The molecule has 0 aliphatic carbocycles. The number of fused-ring (bicyclic) bond motifs is 1. The quantitative estimate of drug-likeness (QED) is 0.688. The van der Waals surface area contributed by atoms with Crippen molar-refractivity contribution in [2.45, 2.75) is 12.5 Å². The fourth-order valence-corrected chi connectivity index (χ4v) is 2.78. The molecule has 0 saturated heterocycles. The number of H-pyrrole nitrogens is 1. The van der Waals surface area contributed by atoms with E-state index in [9.17, 15) is 9.59 Å². The Morgan fingerprint density at radius 1 is 1.32 bits per heavy atom. The molecule has 6 nitrogen and oxygen atoms in total. The second-order valence-electron chi connectivity index (χ2n) is 5.46. The molecule has 0 spiro atoms. The van der Waals surface area contributed by atoms with Gasteiger partial charge in [0.2, 0.25) is 5.91 Å². The highest BCUT2D eigenvalue weighted by molar-refractivity contribution is 6.31. The van der Waals surface area contributed by atoms with Gasteiger partial charge in [0.05, 0.1) is 19.2 Å². The summed E-state index contributed by atoms with van der Waals surface area (Å²) in [7, 11) is 1.27. The predicted molar refractivity (Wildman–Crippen MR) is 94.1 cm³/mol. The Kier molecular flexibility index (Phi) is 5.00. The number of aromatic nitrogens is 2. The second-order valence-corrected chi connectivity index (χ2v) is 5.90. The number of nitrogens with zero attached hydrogens (tertiary/aromatic N) is 1. The summed E-state index contributed by atoms with van der Waals surface area (Å²) < 4.78 is 4.77. The number of pyridine rings is 1. The molecule has 2 N–H and O–H groups in total. The van der Waals surface area contributed by atoms with Crippen LogP contribution in [0.2, 0.25) is 5.02 Å². The monoisotopic (exact) mass is 357 g/mol. The van der Waals surface area contributed by atoms with E-state index < -0.39 is 12.0 Å². The molecular weight excluding hydrogens is 342 g/mol. The Balaban J connectivity index is 1.78. The van der Waals surface area contributed by atoms with Gasteiger partial charge in [-0.1, -0.05) is 23.7 Å². The van der Waals surface area contributed by atoms with Crippen LogP contribution in [-0.4, -0.2) is 29.0 Å². The number of benzene rings is 1. The standard InChI is InChI=1S/C18H16ClN3O3/c1-25-18(24)17(14-4-2-3-7-20-14)22-16(23)8-11-10-21-15-9-12(19)5-6-13(11)15/h2-7,9-10,17,21H,8H2,1H3,(H,22,23)/t17-/m0/s1. The molecule has 2 aromatic heterocycles. The molecule has 0 fully saturated rings. The number of carbonyl (C=O) groups is 2. The average Bonchev–Trinajstić information content (AvgIpc) is 3.01. The number of hydrogen-bond acceptors (Lipinski definition) is 4. The lowest BCUT2D eigenvalue weighted by molar-refractivity contribution is -0.145.